The zero-order valence-corrected chi connectivity index (χ0v) is 17.8. The number of hydrogen-bond acceptors (Lipinski definition) is 3. The number of halogens is 3. The smallest absolute Gasteiger partial charge is 0.269 e. The summed E-state index contributed by atoms with van der Waals surface area (Å²) in [5.74, 6) is 0.659. The van der Waals surface area contributed by atoms with E-state index in [4.69, 9.17) is 28.2 Å². The van der Waals surface area contributed by atoms with Crippen LogP contribution in [0.5, 0.6) is 0 Å². The van der Waals surface area contributed by atoms with E-state index in [2.05, 4.69) is 20.9 Å². The molecule has 8 heteroatoms. The van der Waals surface area contributed by atoms with E-state index in [-0.39, 0.29) is 5.69 Å². The Hall–Kier alpha value is -2.67. The number of non-ortho nitro benzene ring substituents is 1. The molecule has 3 aromatic carbocycles. The average molecular weight is 489 g/mol. The van der Waals surface area contributed by atoms with Crippen LogP contribution >= 0.6 is 39.1 Å². The molecule has 0 aliphatic rings. The van der Waals surface area contributed by atoms with Crippen LogP contribution in [0.25, 0.3) is 33.9 Å². The van der Waals surface area contributed by atoms with E-state index in [1.165, 1.54) is 12.1 Å². The first-order chi connectivity index (χ1) is 13.9. The number of nitrogens with one attached hydrogen (secondary N) is 1. The molecule has 0 fully saturated rings. The minimum absolute atomic E-state index is 0.0208. The van der Waals surface area contributed by atoms with Crippen molar-refractivity contribution < 1.29 is 4.92 Å². The molecular formula is C21H12BrCl2N3O2. The van der Waals surface area contributed by atoms with Gasteiger partial charge in [0, 0.05) is 38.3 Å². The van der Waals surface area contributed by atoms with E-state index in [0.29, 0.717) is 32.8 Å². The van der Waals surface area contributed by atoms with Crippen molar-refractivity contribution in [2.75, 3.05) is 0 Å². The Morgan fingerprint density at radius 1 is 0.931 bits per heavy atom. The molecule has 0 atom stereocenters. The monoisotopic (exact) mass is 487 g/mol. The lowest BCUT2D eigenvalue weighted by atomic mass is 10.0. The number of rotatable bonds is 4. The summed E-state index contributed by atoms with van der Waals surface area (Å²) >= 11 is 15.9. The van der Waals surface area contributed by atoms with Crippen molar-refractivity contribution in [1.29, 1.82) is 0 Å². The number of aromatic nitrogens is 2. The van der Waals surface area contributed by atoms with Crippen LogP contribution in [0.15, 0.2) is 71.2 Å². The zero-order chi connectivity index (χ0) is 20.5. The molecule has 0 unspecified atom stereocenters. The highest BCUT2D eigenvalue weighted by atomic mass is 79.9. The fraction of sp³-hybridized carbons (Fsp3) is 0. The summed E-state index contributed by atoms with van der Waals surface area (Å²) in [6, 6.07) is 19.2. The largest absolute Gasteiger partial charge is 0.337 e. The van der Waals surface area contributed by atoms with Gasteiger partial charge in [-0.05, 0) is 42.5 Å². The maximum Gasteiger partial charge on any atom is 0.269 e. The van der Waals surface area contributed by atoms with Crippen LogP contribution in [0.4, 0.5) is 5.69 Å². The third kappa shape index (κ3) is 4.05. The molecule has 5 nitrogen and oxygen atoms in total. The van der Waals surface area contributed by atoms with Crippen LogP contribution in [0.2, 0.25) is 10.0 Å². The van der Waals surface area contributed by atoms with Gasteiger partial charge in [0.1, 0.15) is 5.82 Å². The molecule has 4 aromatic rings. The van der Waals surface area contributed by atoms with Crippen molar-refractivity contribution in [3.05, 3.63) is 91.4 Å². The van der Waals surface area contributed by atoms with Gasteiger partial charge in [0.2, 0.25) is 0 Å². The maximum atomic E-state index is 11.0. The number of H-pyrrole nitrogens is 1. The minimum atomic E-state index is -0.430. The van der Waals surface area contributed by atoms with E-state index in [0.717, 1.165) is 15.6 Å². The van der Waals surface area contributed by atoms with Gasteiger partial charge in [0.05, 0.1) is 21.3 Å². The molecule has 0 radical (unpaired) electrons. The normalized spacial score (nSPS) is 10.9. The van der Waals surface area contributed by atoms with E-state index in [1.807, 2.05) is 24.3 Å². The van der Waals surface area contributed by atoms with Crippen LogP contribution in [0.1, 0.15) is 0 Å². The van der Waals surface area contributed by atoms with Gasteiger partial charge in [-0.25, -0.2) is 4.98 Å². The summed E-state index contributed by atoms with van der Waals surface area (Å²) in [6.45, 7) is 0. The lowest BCUT2D eigenvalue weighted by molar-refractivity contribution is -0.384. The summed E-state index contributed by atoms with van der Waals surface area (Å²) in [4.78, 5) is 18.7. The molecule has 1 heterocycles. The molecule has 144 valence electrons. The third-order valence-corrected chi connectivity index (χ3v) is 5.45. The number of nitro groups is 1. The number of hydrogen-bond donors (Lipinski definition) is 1. The van der Waals surface area contributed by atoms with E-state index in [9.17, 15) is 10.1 Å². The Morgan fingerprint density at radius 3 is 2.21 bits per heavy atom. The molecule has 1 N–H and O–H groups in total. The van der Waals surface area contributed by atoms with Crippen LogP contribution in [-0.4, -0.2) is 14.9 Å². The highest BCUT2D eigenvalue weighted by molar-refractivity contribution is 9.10. The second kappa shape index (κ2) is 7.99. The van der Waals surface area contributed by atoms with Crippen molar-refractivity contribution in [1.82, 2.24) is 9.97 Å². The van der Waals surface area contributed by atoms with Gasteiger partial charge in [-0.3, -0.25) is 10.1 Å². The van der Waals surface area contributed by atoms with E-state index >= 15 is 0 Å². The Balaban J connectivity index is 1.89. The molecule has 0 bridgehead atoms. The van der Waals surface area contributed by atoms with Crippen LogP contribution in [0.3, 0.4) is 0 Å². The molecule has 0 aliphatic carbocycles. The summed E-state index contributed by atoms with van der Waals surface area (Å²) in [5, 5.41) is 12.0. The quantitative estimate of drug-likeness (QED) is 0.240. The van der Waals surface area contributed by atoms with Gasteiger partial charge in [-0.2, -0.15) is 0 Å². The van der Waals surface area contributed by atoms with Crippen LogP contribution < -0.4 is 0 Å². The molecule has 4 rings (SSSR count). The summed E-state index contributed by atoms with van der Waals surface area (Å²) < 4.78 is 0.962. The summed E-state index contributed by atoms with van der Waals surface area (Å²) in [5.41, 5.74) is 3.73. The number of nitro benzene ring substituents is 1. The van der Waals surface area contributed by atoms with Crippen molar-refractivity contribution >= 4 is 44.8 Å². The third-order valence-electron chi connectivity index (χ3n) is 4.37. The summed E-state index contributed by atoms with van der Waals surface area (Å²) in [6.07, 6.45) is 0. The van der Waals surface area contributed by atoms with Crippen molar-refractivity contribution in [3.63, 3.8) is 0 Å². The first kappa shape index (κ1) is 19.6. The molecule has 0 saturated carbocycles. The highest BCUT2D eigenvalue weighted by Crippen LogP contribution is 2.38. The van der Waals surface area contributed by atoms with Crippen LogP contribution in [0, 0.1) is 10.1 Å². The molecule has 0 spiro atoms. The maximum absolute atomic E-state index is 11.0. The number of benzene rings is 3. The number of aromatic amines is 1. The predicted octanol–water partition coefficient (Wildman–Crippen LogP) is 7.39. The SMILES string of the molecule is O=[N+]([O-])c1ccc(-c2[nH]c(-c3ccc(Br)cc3)nc2-c2ccc(Cl)cc2Cl)cc1. The molecule has 0 amide bonds. The van der Waals surface area contributed by atoms with Crippen molar-refractivity contribution in [2.24, 2.45) is 0 Å². The van der Waals surface area contributed by atoms with Gasteiger partial charge < -0.3 is 4.98 Å². The van der Waals surface area contributed by atoms with Crippen molar-refractivity contribution in [3.8, 4) is 33.9 Å². The second-order valence-corrected chi connectivity index (χ2v) is 8.00. The standard InChI is InChI=1S/C21H12BrCl2N3O2/c22-14-5-1-13(2-6-14)21-25-19(12-3-8-16(9-4-12)27(28)29)20(26-21)17-10-7-15(23)11-18(17)24/h1-11H,(H,25,26). The molecule has 0 saturated heterocycles. The van der Waals surface area contributed by atoms with Gasteiger partial charge in [-0.15, -0.1) is 0 Å². The Labute approximate surface area is 184 Å². The molecule has 29 heavy (non-hydrogen) atoms. The molecule has 1 aromatic heterocycles. The fourth-order valence-corrected chi connectivity index (χ4v) is 3.72. The molecular weight excluding hydrogens is 477 g/mol. The van der Waals surface area contributed by atoms with E-state index < -0.39 is 4.92 Å². The predicted molar refractivity (Wildman–Crippen MR) is 119 cm³/mol. The molecule has 0 aliphatic heterocycles. The number of nitrogens with zero attached hydrogens (tertiary/aromatic N) is 2. The highest BCUT2D eigenvalue weighted by Gasteiger charge is 2.18. The topological polar surface area (TPSA) is 71.8 Å². The van der Waals surface area contributed by atoms with Crippen LogP contribution in [-0.2, 0) is 0 Å². The first-order valence-electron chi connectivity index (χ1n) is 8.48. The average Bonchev–Trinajstić information content (AvgIpc) is 3.13. The first-order valence-corrected chi connectivity index (χ1v) is 10.0. The Bertz CT molecular complexity index is 1210. The van der Waals surface area contributed by atoms with Gasteiger partial charge >= 0.3 is 0 Å². The Kier molecular flexibility index (Phi) is 5.41. The number of imidazole rings is 1. The Morgan fingerprint density at radius 2 is 1.59 bits per heavy atom. The minimum Gasteiger partial charge on any atom is -0.337 e. The second-order valence-electron chi connectivity index (χ2n) is 6.24. The van der Waals surface area contributed by atoms with Crippen molar-refractivity contribution in [2.45, 2.75) is 0 Å². The van der Waals surface area contributed by atoms with Gasteiger partial charge in [-0.1, -0.05) is 51.3 Å². The van der Waals surface area contributed by atoms with E-state index in [1.54, 1.807) is 30.3 Å². The summed E-state index contributed by atoms with van der Waals surface area (Å²) in [7, 11) is 0. The fourth-order valence-electron chi connectivity index (χ4n) is 2.95. The lowest BCUT2D eigenvalue weighted by Gasteiger charge is -2.05. The lowest BCUT2D eigenvalue weighted by Crippen LogP contribution is -1.89. The van der Waals surface area contributed by atoms with Gasteiger partial charge in [0.25, 0.3) is 5.69 Å². The van der Waals surface area contributed by atoms with Gasteiger partial charge in [0.15, 0.2) is 0 Å². The zero-order valence-electron chi connectivity index (χ0n) is 14.7.